The molecule has 0 aromatic carbocycles. The molecule has 2 rings (SSSR count). The number of ether oxygens (including phenoxy) is 1. The summed E-state index contributed by atoms with van der Waals surface area (Å²) in [5.41, 5.74) is 1.01. The Balaban J connectivity index is 1.97. The minimum absolute atomic E-state index is 0.219. The molecule has 0 N–H and O–H groups in total. The smallest absolute Gasteiger partial charge is 0.188 e. The van der Waals surface area contributed by atoms with Gasteiger partial charge in [-0.1, -0.05) is 12.5 Å². The largest absolute Gasteiger partial charge is 0.367 e. The minimum atomic E-state index is -0.219. The molecule has 1 fully saturated rings. The van der Waals surface area contributed by atoms with Crippen molar-refractivity contribution in [3.05, 3.63) is 11.6 Å². The fourth-order valence-electron chi connectivity index (χ4n) is 2.38. The molecule has 0 radical (unpaired) electrons. The number of carbonyl (C=O) groups excluding carboxylic acids is 1. The average molecular weight is 223 g/mol. The van der Waals surface area contributed by atoms with Gasteiger partial charge in [0.15, 0.2) is 5.78 Å². The maximum Gasteiger partial charge on any atom is 0.188 e. The number of carbonyl (C=O) groups is 1. The van der Waals surface area contributed by atoms with Crippen LogP contribution in [0.5, 0.6) is 0 Å². The molecule has 1 heterocycles. The maximum absolute atomic E-state index is 12.2. The highest BCUT2D eigenvalue weighted by Gasteiger charge is 2.27. The van der Waals surface area contributed by atoms with Gasteiger partial charge in [-0.15, -0.1) is 0 Å². The zero-order valence-electron chi connectivity index (χ0n) is 10.1. The first-order valence-corrected chi connectivity index (χ1v) is 6.31. The summed E-state index contributed by atoms with van der Waals surface area (Å²) in [5.74, 6) is 0.230. The summed E-state index contributed by atoms with van der Waals surface area (Å²) in [4.78, 5) is 14.4. The Morgan fingerprint density at radius 3 is 3.12 bits per heavy atom. The topological polar surface area (TPSA) is 29.5 Å². The number of allylic oxidation sites excluding steroid dienone is 1. The third kappa shape index (κ3) is 2.92. The number of nitrogens with zero attached hydrogens (tertiary/aromatic N) is 1. The first-order valence-electron chi connectivity index (χ1n) is 6.31. The lowest BCUT2D eigenvalue weighted by molar-refractivity contribution is -0.131. The van der Waals surface area contributed by atoms with E-state index in [-0.39, 0.29) is 11.9 Å². The molecule has 0 bridgehead atoms. The van der Waals surface area contributed by atoms with Crippen LogP contribution in [-0.2, 0) is 9.53 Å². The van der Waals surface area contributed by atoms with E-state index in [1.54, 1.807) is 0 Å². The van der Waals surface area contributed by atoms with Crippen LogP contribution < -0.4 is 0 Å². The van der Waals surface area contributed by atoms with Crippen molar-refractivity contribution >= 4 is 5.78 Å². The fourth-order valence-corrected chi connectivity index (χ4v) is 2.38. The third-order valence-corrected chi connectivity index (χ3v) is 3.42. The van der Waals surface area contributed by atoms with Gasteiger partial charge in [-0.3, -0.25) is 4.79 Å². The molecule has 90 valence electrons. The van der Waals surface area contributed by atoms with Crippen LogP contribution in [0, 0.1) is 0 Å². The zero-order valence-corrected chi connectivity index (χ0v) is 10.1. The molecule has 2 aliphatic rings. The van der Waals surface area contributed by atoms with Crippen molar-refractivity contribution in [1.82, 2.24) is 4.90 Å². The molecular formula is C13H21NO2. The lowest BCUT2D eigenvalue weighted by Crippen LogP contribution is -2.44. The molecule has 16 heavy (non-hydrogen) atoms. The van der Waals surface area contributed by atoms with Crippen molar-refractivity contribution in [2.24, 2.45) is 0 Å². The highest BCUT2D eigenvalue weighted by atomic mass is 16.5. The summed E-state index contributed by atoms with van der Waals surface area (Å²) < 4.78 is 5.57. The lowest BCUT2D eigenvalue weighted by Gasteiger charge is -2.29. The van der Waals surface area contributed by atoms with Crippen molar-refractivity contribution in [2.45, 2.75) is 38.2 Å². The lowest BCUT2D eigenvalue weighted by atomic mass is 10.0. The number of Topliss-reactive ketones (excluding diaryl/α,β-unsaturated/α-hetero) is 1. The van der Waals surface area contributed by atoms with Crippen molar-refractivity contribution in [2.75, 3.05) is 26.7 Å². The van der Waals surface area contributed by atoms with E-state index in [2.05, 4.69) is 11.0 Å². The monoisotopic (exact) mass is 223 g/mol. The molecule has 1 aliphatic carbocycles. The van der Waals surface area contributed by atoms with Crippen LogP contribution in [-0.4, -0.2) is 43.5 Å². The van der Waals surface area contributed by atoms with Crippen LogP contribution in [0.4, 0.5) is 0 Å². The fraction of sp³-hybridized carbons (Fsp3) is 0.769. The summed E-state index contributed by atoms with van der Waals surface area (Å²) in [6, 6.07) is 0. The number of rotatable bonds is 2. The van der Waals surface area contributed by atoms with Crippen molar-refractivity contribution in [3.63, 3.8) is 0 Å². The normalized spacial score (nSPS) is 28.3. The molecule has 0 aromatic heterocycles. The SMILES string of the molecule is CN1CCOC(C(=O)C2=CCCCCC2)C1. The van der Waals surface area contributed by atoms with E-state index in [1.807, 2.05) is 7.05 Å². The van der Waals surface area contributed by atoms with Crippen LogP contribution >= 0.6 is 0 Å². The van der Waals surface area contributed by atoms with Crippen LogP contribution in [0.15, 0.2) is 11.6 Å². The quantitative estimate of drug-likeness (QED) is 0.714. The minimum Gasteiger partial charge on any atom is -0.367 e. The van der Waals surface area contributed by atoms with Crippen LogP contribution in [0.1, 0.15) is 32.1 Å². The summed E-state index contributed by atoms with van der Waals surface area (Å²) >= 11 is 0. The molecule has 0 spiro atoms. The van der Waals surface area contributed by atoms with Gasteiger partial charge in [0.05, 0.1) is 6.61 Å². The molecule has 0 saturated carbocycles. The van der Waals surface area contributed by atoms with E-state index < -0.39 is 0 Å². The Hall–Kier alpha value is -0.670. The van der Waals surface area contributed by atoms with Gasteiger partial charge in [0.2, 0.25) is 0 Å². The molecule has 1 atom stereocenters. The Morgan fingerprint density at radius 1 is 1.44 bits per heavy atom. The van der Waals surface area contributed by atoms with Gasteiger partial charge in [-0.2, -0.15) is 0 Å². The summed E-state index contributed by atoms with van der Waals surface area (Å²) in [6.45, 7) is 2.36. The summed E-state index contributed by atoms with van der Waals surface area (Å²) in [6.07, 6.45) is 7.54. The Morgan fingerprint density at radius 2 is 2.31 bits per heavy atom. The van der Waals surface area contributed by atoms with E-state index in [4.69, 9.17) is 4.74 Å². The number of hydrogen-bond donors (Lipinski definition) is 0. The van der Waals surface area contributed by atoms with Crippen molar-refractivity contribution in [3.8, 4) is 0 Å². The van der Waals surface area contributed by atoms with Crippen LogP contribution in [0.3, 0.4) is 0 Å². The molecule has 0 amide bonds. The standard InChI is InChI=1S/C13H21NO2/c1-14-8-9-16-12(10-14)13(15)11-6-4-2-3-5-7-11/h6,12H,2-5,7-10H2,1H3. The van der Waals surface area contributed by atoms with Crippen LogP contribution in [0.25, 0.3) is 0 Å². The third-order valence-electron chi connectivity index (χ3n) is 3.42. The first-order chi connectivity index (χ1) is 7.77. The van der Waals surface area contributed by atoms with E-state index in [0.29, 0.717) is 6.61 Å². The average Bonchev–Trinajstić information content (AvgIpc) is 2.56. The predicted molar refractivity (Wildman–Crippen MR) is 63.4 cm³/mol. The van der Waals surface area contributed by atoms with Gasteiger partial charge in [0.1, 0.15) is 6.10 Å². The number of hydrogen-bond acceptors (Lipinski definition) is 3. The van der Waals surface area contributed by atoms with E-state index in [9.17, 15) is 4.79 Å². The molecule has 1 saturated heterocycles. The molecule has 3 heteroatoms. The van der Waals surface area contributed by atoms with Gasteiger partial charge in [0, 0.05) is 13.1 Å². The summed E-state index contributed by atoms with van der Waals surface area (Å²) in [5, 5.41) is 0. The predicted octanol–water partition coefficient (Wildman–Crippen LogP) is 1.78. The van der Waals surface area contributed by atoms with Crippen molar-refractivity contribution in [1.29, 1.82) is 0 Å². The Labute approximate surface area is 97.5 Å². The van der Waals surface area contributed by atoms with Gasteiger partial charge < -0.3 is 9.64 Å². The molecule has 1 unspecified atom stereocenters. The molecule has 1 aliphatic heterocycles. The van der Waals surface area contributed by atoms with Crippen LogP contribution in [0.2, 0.25) is 0 Å². The van der Waals surface area contributed by atoms with E-state index >= 15 is 0 Å². The Kier molecular flexibility index (Phi) is 4.13. The second-order valence-corrected chi connectivity index (χ2v) is 4.81. The van der Waals surface area contributed by atoms with Gasteiger partial charge in [0.25, 0.3) is 0 Å². The first kappa shape index (κ1) is 11.8. The maximum atomic E-state index is 12.2. The second-order valence-electron chi connectivity index (χ2n) is 4.81. The van der Waals surface area contributed by atoms with Gasteiger partial charge in [-0.25, -0.2) is 0 Å². The van der Waals surface area contributed by atoms with Gasteiger partial charge >= 0.3 is 0 Å². The number of ketones is 1. The number of likely N-dealkylation sites (N-methyl/N-ethyl adjacent to an activating group) is 1. The second kappa shape index (κ2) is 5.60. The van der Waals surface area contributed by atoms with Crippen molar-refractivity contribution < 1.29 is 9.53 Å². The zero-order chi connectivity index (χ0) is 11.4. The highest BCUT2D eigenvalue weighted by molar-refractivity contribution is 5.99. The molecule has 0 aromatic rings. The van der Waals surface area contributed by atoms with E-state index in [0.717, 1.165) is 37.9 Å². The molecule has 3 nitrogen and oxygen atoms in total. The number of morpholine rings is 1. The summed E-state index contributed by atoms with van der Waals surface area (Å²) in [7, 11) is 2.05. The Bertz CT molecular complexity index is 286. The molecular weight excluding hydrogens is 202 g/mol. The highest BCUT2D eigenvalue weighted by Crippen LogP contribution is 2.20. The van der Waals surface area contributed by atoms with E-state index in [1.165, 1.54) is 12.8 Å². The van der Waals surface area contributed by atoms with Gasteiger partial charge in [-0.05, 0) is 38.3 Å².